The Morgan fingerprint density at radius 3 is 2.95 bits per heavy atom. The molecule has 114 valence electrons. The summed E-state index contributed by atoms with van der Waals surface area (Å²) >= 11 is 5.98. The Balaban J connectivity index is 1.78. The van der Waals surface area contributed by atoms with Crippen LogP contribution in [0.5, 0.6) is 5.75 Å². The van der Waals surface area contributed by atoms with Gasteiger partial charge in [0.15, 0.2) is 6.79 Å². The molecule has 3 rings (SSSR count). The molecule has 2 aromatic carbocycles. The number of benzene rings is 2. The lowest BCUT2D eigenvalue weighted by Crippen LogP contribution is -2.24. The average molecular weight is 322 g/mol. The molecule has 4 nitrogen and oxygen atoms in total. The summed E-state index contributed by atoms with van der Waals surface area (Å²) in [6, 6.07) is 9.45. The van der Waals surface area contributed by atoms with E-state index in [1.165, 1.54) is 12.1 Å². The number of rotatable bonds is 3. The molecule has 0 bridgehead atoms. The summed E-state index contributed by atoms with van der Waals surface area (Å²) in [6.07, 6.45) is 0. The fourth-order valence-corrected chi connectivity index (χ4v) is 2.53. The van der Waals surface area contributed by atoms with Crippen LogP contribution in [0.2, 0.25) is 5.02 Å². The van der Waals surface area contributed by atoms with Crippen LogP contribution in [0.25, 0.3) is 0 Å². The molecule has 0 spiro atoms. The number of hydrogen-bond donors (Lipinski definition) is 1. The fourth-order valence-electron chi connectivity index (χ4n) is 2.30. The highest BCUT2D eigenvalue weighted by molar-refractivity contribution is 6.33. The maximum absolute atomic E-state index is 13.6. The second kappa shape index (κ2) is 6.34. The van der Waals surface area contributed by atoms with Crippen molar-refractivity contribution in [3.8, 4) is 5.75 Å². The van der Waals surface area contributed by atoms with Crippen LogP contribution in [0.1, 0.15) is 21.5 Å². The maximum Gasteiger partial charge on any atom is 0.253 e. The largest absolute Gasteiger partial charge is 0.467 e. The second-order valence-electron chi connectivity index (χ2n) is 4.83. The van der Waals surface area contributed by atoms with Gasteiger partial charge in [-0.1, -0.05) is 23.7 Å². The molecule has 0 saturated carbocycles. The van der Waals surface area contributed by atoms with Crippen molar-refractivity contribution in [3.05, 3.63) is 63.9 Å². The number of hydrogen-bond acceptors (Lipinski definition) is 3. The lowest BCUT2D eigenvalue weighted by molar-refractivity contribution is -0.0173. The molecule has 0 atom stereocenters. The second-order valence-corrected chi connectivity index (χ2v) is 5.23. The van der Waals surface area contributed by atoms with Gasteiger partial charge in [0.25, 0.3) is 5.91 Å². The molecule has 2 aromatic rings. The molecular formula is C16H13ClFNO3. The van der Waals surface area contributed by atoms with Crippen LogP contribution in [0, 0.1) is 5.82 Å². The maximum atomic E-state index is 13.6. The first-order valence-corrected chi connectivity index (χ1v) is 7.07. The van der Waals surface area contributed by atoms with Crippen LogP contribution < -0.4 is 10.1 Å². The molecule has 1 aliphatic heterocycles. The summed E-state index contributed by atoms with van der Waals surface area (Å²) in [5.74, 6) is -0.155. The highest BCUT2D eigenvalue weighted by Gasteiger charge is 2.18. The smallest absolute Gasteiger partial charge is 0.253 e. The topological polar surface area (TPSA) is 47.6 Å². The number of halogens is 2. The third kappa shape index (κ3) is 3.05. The number of carbonyl (C=O) groups is 1. The predicted molar refractivity (Wildman–Crippen MR) is 79.3 cm³/mol. The van der Waals surface area contributed by atoms with Crippen molar-refractivity contribution >= 4 is 17.5 Å². The highest BCUT2D eigenvalue weighted by atomic mass is 35.5. The number of carbonyl (C=O) groups excluding carboxylic acids is 1. The Morgan fingerprint density at radius 2 is 2.14 bits per heavy atom. The van der Waals surface area contributed by atoms with Gasteiger partial charge in [0.1, 0.15) is 11.6 Å². The normalized spacial score (nSPS) is 13.2. The Hall–Kier alpha value is -2.11. The molecule has 1 amide bonds. The molecule has 0 unspecified atom stereocenters. The van der Waals surface area contributed by atoms with Crippen molar-refractivity contribution in [2.75, 3.05) is 6.79 Å². The molecule has 1 heterocycles. The third-order valence-electron chi connectivity index (χ3n) is 3.31. The van der Waals surface area contributed by atoms with Crippen LogP contribution in [-0.2, 0) is 17.9 Å². The van der Waals surface area contributed by atoms with Gasteiger partial charge in [0, 0.05) is 17.7 Å². The van der Waals surface area contributed by atoms with Crippen molar-refractivity contribution in [2.45, 2.75) is 13.2 Å². The van der Waals surface area contributed by atoms with Crippen LogP contribution in [0.3, 0.4) is 0 Å². The van der Waals surface area contributed by atoms with Crippen LogP contribution in [0.15, 0.2) is 36.4 Å². The van der Waals surface area contributed by atoms with Gasteiger partial charge in [-0.05, 0) is 24.3 Å². The minimum Gasteiger partial charge on any atom is -0.467 e. The molecule has 0 aliphatic carbocycles. The Labute approximate surface area is 131 Å². The number of amides is 1. The summed E-state index contributed by atoms with van der Waals surface area (Å²) in [6.45, 7) is 0.548. The molecule has 1 aliphatic rings. The standard InChI is InChI=1S/C16H13ClFNO3/c17-14-4-2-1-3-13(14)16(20)19-7-10-5-12(18)6-11-8-21-9-22-15(10)11/h1-6H,7-9H2,(H,19,20). The Morgan fingerprint density at radius 1 is 1.32 bits per heavy atom. The van der Waals surface area contributed by atoms with Crippen molar-refractivity contribution in [2.24, 2.45) is 0 Å². The Bertz CT molecular complexity index is 721. The quantitative estimate of drug-likeness (QED) is 0.943. The summed E-state index contributed by atoms with van der Waals surface area (Å²) in [4.78, 5) is 12.1. The van der Waals surface area contributed by atoms with Crippen LogP contribution in [0.4, 0.5) is 4.39 Å². The minimum absolute atomic E-state index is 0.115. The zero-order valence-corrected chi connectivity index (χ0v) is 12.3. The summed E-state index contributed by atoms with van der Waals surface area (Å²) in [5.41, 5.74) is 1.57. The monoisotopic (exact) mass is 321 g/mol. The van der Waals surface area contributed by atoms with E-state index in [1.54, 1.807) is 24.3 Å². The molecule has 0 radical (unpaired) electrons. The zero-order valence-electron chi connectivity index (χ0n) is 11.6. The van der Waals surface area contributed by atoms with Crippen LogP contribution in [-0.4, -0.2) is 12.7 Å². The van der Waals surface area contributed by atoms with Gasteiger partial charge in [-0.2, -0.15) is 0 Å². The lowest BCUT2D eigenvalue weighted by Gasteiger charge is -2.21. The van der Waals surface area contributed by atoms with Gasteiger partial charge >= 0.3 is 0 Å². The van der Waals surface area contributed by atoms with Gasteiger partial charge in [-0.25, -0.2) is 4.39 Å². The number of ether oxygens (including phenoxy) is 2. The summed E-state index contributed by atoms with van der Waals surface area (Å²) in [7, 11) is 0. The van der Waals surface area contributed by atoms with Crippen molar-refractivity contribution < 1.29 is 18.7 Å². The van der Waals surface area contributed by atoms with Gasteiger partial charge in [0.05, 0.1) is 17.2 Å². The lowest BCUT2D eigenvalue weighted by atomic mass is 10.1. The predicted octanol–water partition coefficient (Wildman–Crippen LogP) is 3.28. The van der Waals surface area contributed by atoms with E-state index in [4.69, 9.17) is 21.1 Å². The SMILES string of the molecule is O=C(NCc1cc(F)cc2c1OCOC2)c1ccccc1Cl. The van der Waals surface area contributed by atoms with Crippen molar-refractivity contribution in [3.63, 3.8) is 0 Å². The molecular weight excluding hydrogens is 309 g/mol. The van der Waals surface area contributed by atoms with E-state index in [-0.39, 0.29) is 19.2 Å². The first-order chi connectivity index (χ1) is 10.6. The van der Waals surface area contributed by atoms with Crippen molar-refractivity contribution in [1.29, 1.82) is 0 Å². The molecule has 0 aromatic heterocycles. The van der Waals surface area contributed by atoms with E-state index in [0.29, 0.717) is 34.1 Å². The van der Waals surface area contributed by atoms with Gasteiger partial charge in [0.2, 0.25) is 0 Å². The molecule has 0 saturated heterocycles. The number of nitrogens with one attached hydrogen (secondary N) is 1. The summed E-state index contributed by atoms with van der Waals surface area (Å²) in [5, 5.41) is 3.09. The van der Waals surface area contributed by atoms with Gasteiger partial charge < -0.3 is 14.8 Å². The first-order valence-electron chi connectivity index (χ1n) is 6.69. The molecule has 6 heteroatoms. The fraction of sp³-hybridized carbons (Fsp3) is 0.188. The summed E-state index contributed by atoms with van der Waals surface area (Å²) < 4.78 is 24.1. The van der Waals surface area contributed by atoms with Gasteiger partial charge in [-0.15, -0.1) is 0 Å². The van der Waals surface area contributed by atoms with E-state index < -0.39 is 5.82 Å². The van der Waals surface area contributed by atoms with Crippen molar-refractivity contribution in [1.82, 2.24) is 5.32 Å². The van der Waals surface area contributed by atoms with E-state index in [9.17, 15) is 9.18 Å². The van der Waals surface area contributed by atoms with E-state index in [2.05, 4.69) is 5.32 Å². The average Bonchev–Trinajstić information content (AvgIpc) is 2.52. The van der Waals surface area contributed by atoms with E-state index in [1.807, 2.05) is 0 Å². The van der Waals surface area contributed by atoms with Gasteiger partial charge in [-0.3, -0.25) is 4.79 Å². The zero-order chi connectivity index (χ0) is 15.5. The number of fused-ring (bicyclic) bond motifs is 1. The third-order valence-corrected chi connectivity index (χ3v) is 3.64. The highest BCUT2D eigenvalue weighted by Crippen LogP contribution is 2.29. The Kier molecular flexibility index (Phi) is 4.27. The van der Waals surface area contributed by atoms with Crippen LogP contribution >= 0.6 is 11.6 Å². The van der Waals surface area contributed by atoms with E-state index in [0.717, 1.165) is 0 Å². The molecule has 0 fully saturated rings. The molecule has 22 heavy (non-hydrogen) atoms. The first kappa shape index (κ1) is 14.8. The minimum atomic E-state index is -0.394. The molecule has 1 N–H and O–H groups in total. The van der Waals surface area contributed by atoms with E-state index >= 15 is 0 Å².